The van der Waals surface area contributed by atoms with Crippen LogP contribution >= 0.6 is 26.7 Å². The number of nitrogens with zero attached hydrogens (tertiary/aromatic N) is 1. The Hall–Kier alpha value is -0.860. The third-order valence-electron chi connectivity index (χ3n) is 2.67. The van der Waals surface area contributed by atoms with E-state index in [1.807, 2.05) is 0 Å². The van der Waals surface area contributed by atoms with Crippen LogP contribution in [0.1, 0.15) is 29.8 Å². The van der Waals surface area contributed by atoms with Gasteiger partial charge >= 0.3 is 5.97 Å². The normalized spacial score (nSPS) is 17.0. The van der Waals surface area contributed by atoms with Gasteiger partial charge in [-0.15, -0.1) is 0 Å². The fourth-order valence-corrected chi connectivity index (χ4v) is 4.35. The molecule has 0 saturated carbocycles. The Labute approximate surface area is 135 Å². The summed E-state index contributed by atoms with van der Waals surface area (Å²) in [5.74, 6) is 0.0466. The lowest BCUT2D eigenvalue weighted by Gasteiger charge is -2.19. The third kappa shape index (κ3) is 4.08. The van der Waals surface area contributed by atoms with E-state index >= 15 is 0 Å². The van der Waals surface area contributed by atoms with Crippen LogP contribution in [0.3, 0.4) is 0 Å². The van der Waals surface area contributed by atoms with Gasteiger partial charge < -0.3 is 4.74 Å². The van der Waals surface area contributed by atoms with Crippen molar-refractivity contribution >= 4 is 47.5 Å². The van der Waals surface area contributed by atoms with Gasteiger partial charge in [0.05, 0.1) is 16.7 Å². The lowest BCUT2D eigenvalue weighted by atomic mass is 10.1. The molecule has 1 aromatic carbocycles. The largest absolute Gasteiger partial charge is 0.403 e. The lowest BCUT2D eigenvalue weighted by Crippen LogP contribution is -2.24. The second-order valence-corrected chi connectivity index (χ2v) is 10.6. The van der Waals surface area contributed by atoms with Crippen LogP contribution in [0.15, 0.2) is 27.7 Å². The van der Waals surface area contributed by atoms with Gasteiger partial charge in [0.15, 0.2) is 8.87 Å². The first-order valence-electron chi connectivity index (χ1n) is 6.04. The fraction of sp³-hybridized carbons (Fsp3) is 0.385. The number of aliphatic imine (C=N–C) groups is 1. The highest BCUT2D eigenvalue weighted by Gasteiger charge is 2.32. The van der Waals surface area contributed by atoms with Crippen LogP contribution in [-0.4, -0.2) is 37.8 Å². The zero-order valence-electron chi connectivity index (χ0n) is 11.7. The SMILES string of the molecule is CC(C)(CSS(C)(=O)=O)N=C1OC(=O)c2cccc(Br)c21. The number of hydrogen-bond acceptors (Lipinski definition) is 6. The predicted octanol–water partition coefficient (Wildman–Crippen LogP) is 2.84. The molecule has 0 aromatic heterocycles. The third-order valence-corrected chi connectivity index (χ3v) is 6.22. The Balaban J connectivity index is 2.34. The van der Waals surface area contributed by atoms with Gasteiger partial charge in [0.25, 0.3) is 0 Å². The Bertz CT molecular complexity index is 726. The molecule has 1 aromatic rings. The lowest BCUT2D eigenvalue weighted by molar-refractivity contribution is 0.0736. The van der Waals surface area contributed by atoms with Gasteiger partial charge in [0, 0.05) is 16.5 Å². The Morgan fingerprint density at radius 3 is 2.67 bits per heavy atom. The highest BCUT2D eigenvalue weighted by Crippen LogP contribution is 2.30. The van der Waals surface area contributed by atoms with Crippen LogP contribution in [0.4, 0.5) is 0 Å². The van der Waals surface area contributed by atoms with Crippen LogP contribution in [0, 0.1) is 0 Å². The molecule has 0 atom stereocenters. The maximum Gasteiger partial charge on any atom is 0.345 e. The minimum absolute atomic E-state index is 0.224. The zero-order valence-corrected chi connectivity index (χ0v) is 14.9. The highest BCUT2D eigenvalue weighted by molar-refractivity contribution is 9.10. The average Bonchev–Trinajstić information content (AvgIpc) is 2.64. The molecule has 0 aliphatic carbocycles. The van der Waals surface area contributed by atoms with Crippen molar-refractivity contribution in [1.82, 2.24) is 0 Å². The summed E-state index contributed by atoms with van der Waals surface area (Å²) in [5, 5.41) is 0. The summed E-state index contributed by atoms with van der Waals surface area (Å²) in [6.45, 7) is 3.59. The molecular formula is C13H14BrNO4S2. The van der Waals surface area contributed by atoms with Crippen molar-refractivity contribution in [2.75, 3.05) is 12.0 Å². The van der Waals surface area contributed by atoms with E-state index in [2.05, 4.69) is 20.9 Å². The summed E-state index contributed by atoms with van der Waals surface area (Å²) in [5.41, 5.74) is 0.384. The smallest absolute Gasteiger partial charge is 0.345 e. The van der Waals surface area contributed by atoms with Crippen molar-refractivity contribution < 1.29 is 17.9 Å². The van der Waals surface area contributed by atoms with E-state index in [0.29, 0.717) is 11.1 Å². The van der Waals surface area contributed by atoms with E-state index in [-0.39, 0.29) is 11.7 Å². The maximum absolute atomic E-state index is 11.8. The zero-order chi connectivity index (χ0) is 15.8. The summed E-state index contributed by atoms with van der Waals surface area (Å²) >= 11 is 3.38. The summed E-state index contributed by atoms with van der Waals surface area (Å²) in [6.07, 6.45) is 1.16. The molecule has 0 amide bonds. The molecule has 2 rings (SSSR count). The Morgan fingerprint density at radius 2 is 2.05 bits per heavy atom. The van der Waals surface area contributed by atoms with Gasteiger partial charge in [-0.25, -0.2) is 18.2 Å². The van der Waals surface area contributed by atoms with Gasteiger partial charge in [-0.3, -0.25) is 0 Å². The maximum atomic E-state index is 11.8. The average molecular weight is 392 g/mol. The summed E-state index contributed by atoms with van der Waals surface area (Å²) < 4.78 is 28.4. The monoisotopic (exact) mass is 391 g/mol. The van der Waals surface area contributed by atoms with E-state index in [0.717, 1.165) is 21.5 Å². The van der Waals surface area contributed by atoms with Crippen molar-refractivity contribution in [3.8, 4) is 0 Å². The summed E-state index contributed by atoms with van der Waals surface area (Å²) in [6, 6.07) is 5.22. The first-order chi connectivity index (χ1) is 9.59. The summed E-state index contributed by atoms with van der Waals surface area (Å²) in [7, 11) is -2.32. The van der Waals surface area contributed by atoms with Crippen molar-refractivity contribution in [1.29, 1.82) is 0 Å². The Morgan fingerprint density at radius 1 is 1.38 bits per heavy atom. The molecular weight excluding hydrogens is 378 g/mol. The number of rotatable bonds is 4. The van der Waals surface area contributed by atoms with E-state index < -0.39 is 20.4 Å². The second kappa shape index (κ2) is 5.73. The van der Waals surface area contributed by atoms with E-state index in [9.17, 15) is 13.2 Å². The molecule has 21 heavy (non-hydrogen) atoms. The molecule has 8 heteroatoms. The number of esters is 1. The molecule has 114 valence electrons. The van der Waals surface area contributed by atoms with E-state index in [1.54, 1.807) is 32.0 Å². The predicted molar refractivity (Wildman–Crippen MR) is 87.5 cm³/mol. The molecule has 0 N–H and O–H groups in total. The van der Waals surface area contributed by atoms with Crippen molar-refractivity contribution in [3.63, 3.8) is 0 Å². The fourth-order valence-electron chi connectivity index (χ4n) is 1.74. The first-order valence-corrected chi connectivity index (χ1v) is 10.2. The number of hydrogen-bond donors (Lipinski definition) is 0. The van der Waals surface area contributed by atoms with Gasteiger partial charge in [0.1, 0.15) is 0 Å². The van der Waals surface area contributed by atoms with E-state index in [4.69, 9.17) is 4.74 Å². The molecule has 1 aliphatic rings. The van der Waals surface area contributed by atoms with Gasteiger partial charge in [-0.1, -0.05) is 6.07 Å². The van der Waals surface area contributed by atoms with Gasteiger partial charge in [0.2, 0.25) is 5.90 Å². The van der Waals surface area contributed by atoms with Crippen molar-refractivity contribution in [2.45, 2.75) is 19.4 Å². The van der Waals surface area contributed by atoms with Crippen LogP contribution in [0.5, 0.6) is 0 Å². The summed E-state index contributed by atoms with van der Waals surface area (Å²) in [4.78, 5) is 16.2. The molecule has 0 bridgehead atoms. The first kappa shape index (κ1) is 16.5. The molecule has 0 radical (unpaired) electrons. The minimum atomic E-state index is -3.14. The Kier molecular flexibility index (Phi) is 4.51. The van der Waals surface area contributed by atoms with Crippen molar-refractivity contribution in [3.05, 3.63) is 33.8 Å². The second-order valence-electron chi connectivity index (χ2n) is 5.25. The molecule has 5 nitrogen and oxygen atoms in total. The van der Waals surface area contributed by atoms with Gasteiger partial charge in [-0.2, -0.15) is 0 Å². The van der Waals surface area contributed by atoms with Crippen LogP contribution in [-0.2, 0) is 13.6 Å². The number of fused-ring (bicyclic) bond motifs is 1. The number of cyclic esters (lactones) is 1. The molecule has 1 aliphatic heterocycles. The standard InChI is InChI=1S/C13H14BrNO4S2/c1-13(2,7-20-21(3,17)18)15-11-10-8(12(16)19-11)5-4-6-9(10)14/h4-6H,7H2,1-3H3. The number of carbonyl (C=O) groups is 1. The van der Waals surface area contributed by atoms with Crippen LogP contribution in [0.2, 0.25) is 0 Å². The quantitative estimate of drug-likeness (QED) is 0.582. The number of benzene rings is 1. The number of carbonyl (C=O) groups excluding carboxylic acids is 1. The number of ether oxygens (including phenoxy) is 1. The molecule has 0 saturated heterocycles. The molecule has 0 spiro atoms. The molecule has 0 unspecified atom stereocenters. The van der Waals surface area contributed by atoms with Crippen LogP contribution < -0.4 is 0 Å². The topological polar surface area (TPSA) is 72.8 Å². The molecule has 0 fully saturated rings. The van der Waals surface area contributed by atoms with Crippen molar-refractivity contribution in [2.24, 2.45) is 4.99 Å². The van der Waals surface area contributed by atoms with E-state index in [1.165, 1.54) is 0 Å². The highest BCUT2D eigenvalue weighted by atomic mass is 79.9. The number of halogens is 1. The molecule has 1 heterocycles. The minimum Gasteiger partial charge on any atom is -0.403 e. The van der Waals surface area contributed by atoms with Gasteiger partial charge in [-0.05, 0) is 52.7 Å². The van der Waals surface area contributed by atoms with Crippen LogP contribution in [0.25, 0.3) is 0 Å².